The van der Waals surface area contributed by atoms with Crippen LogP contribution in [0.1, 0.15) is 25.1 Å². The van der Waals surface area contributed by atoms with E-state index in [0.29, 0.717) is 18.7 Å². The van der Waals surface area contributed by atoms with Gasteiger partial charge in [0.25, 0.3) is 10.0 Å². The summed E-state index contributed by atoms with van der Waals surface area (Å²) >= 11 is 0. The van der Waals surface area contributed by atoms with Gasteiger partial charge in [-0.3, -0.25) is 9.52 Å². The van der Waals surface area contributed by atoms with Crippen LogP contribution in [-0.2, 0) is 27.8 Å². The lowest BCUT2D eigenvalue weighted by atomic mass is 10.2. The Balaban J connectivity index is 1.38. The Labute approximate surface area is 174 Å². The molecule has 1 fully saturated rings. The largest absolute Gasteiger partial charge is 0.312 e. The van der Waals surface area contributed by atoms with Gasteiger partial charge in [0.15, 0.2) is 5.82 Å². The summed E-state index contributed by atoms with van der Waals surface area (Å²) in [6.07, 6.45) is 3.32. The molecule has 30 heavy (non-hydrogen) atoms. The molecule has 9 heteroatoms. The van der Waals surface area contributed by atoms with E-state index in [1.165, 1.54) is 12.1 Å². The average molecular weight is 423 g/mol. The van der Waals surface area contributed by atoms with E-state index in [9.17, 15) is 13.2 Å². The first kappa shape index (κ1) is 18.8. The van der Waals surface area contributed by atoms with Crippen LogP contribution in [-0.4, -0.2) is 35.6 Å². The Morgan fingerprint density at radius 2 is 1.73 bits per heavy atom. The Kier molecular flexibility index (Phi) is 4.54. The van der Waals surface area contributed by atoms with Crippen molar-refractivity contribution in [3.63, 3.8) is 0 Å². The lowest BCUT2D eigenvalue weighted by molar-refractivity contribution is -0.117. The molecule has 2 aliphatic rings. The van der Waals surface area contributed by atoms with Gasteiger partial charge in [-0.25, -0.2) is 8.42 Å². The van der Waals surface area contributed by atoms with Crippen LogP contribution in [0.5, 0.6) is 0 Å². The number of aromatic nitrogens is 3. The van der Waals surface area contributed by atoms with Crippen LogP contribution in [0.3, 0.4) is 0 Å². The molecular formula is C21H21N5O3S. The van der Waals surface area contributed by atoms with Crippen molar-refractivity contribution < 1.29 is 13.2 Å². The van der Waals surface area contributed by atoms with Crippen molar-refractivity contribution in [3.05, 3.63) is 54.4 Å². The molecule has 2 aliphatic heterocycles. The minimum atomic E-state index is -3.76. The van der Waals surface area contributed by atoms with Gasteiger partial charge in [0, 0.05) is 42.9 Å². The van der Waals surface area contributed by atoms with Crippen molar-refractivity contribution in [3.8, 4) is 11.4 Å². The number of anilines is 2. The van der Waals surface area contributed by atoms with E-state index in [2.05, 4.69) is 19.5 Å². The molecule has 5 rings (SSSR count). The van der Waals surface area contributed by atoms with Gasteiger partial charge in [-0.2, -0.15) is 0 Å². The first-order valence-electron chi connectivity index (χ1n) is 9.97. The zero-order valence-electron chi connectivity index (χ0n) is 16.3. The summed E-state index contributed by atoms with van der Waals surface area (Å²) < 4.78 is 30.4. The number of nitrogens with one attached hydrogen (secondary N) is 1. The Morgan fingerprint density at radius 3 is 2.50 bits per heavy atom. The predicted molar refractivity (Wildman–Crippen MR) is 113 cm³/mol. The highest BCUT2D eigenvalue weighted by atomic mass is 32.2. The molecule has 0 bridgehead atoms. The van der Waals surface area contributed by atoms with Crippen LogP contribution in [0.25, 0.3) is 11.4 Å². The summed E-state index contributed by atoms with van der Waals surface area (Å²) in [5, 5.41) is 8.48. The number of carbonyl (C=O) groups is 1. The summed E-state index contributed by atoms with van der Waals surface area (Å²) in [6.45, 7) is 1.54. The molecule has 154 valence electrons. The fraction of sp³-hybridized carbons (Fsp3) is 0.286. The third kappa shape index (κ3) is 3.35. The Morgan fingerprint density at radius 1 is 0.933 bits per heavy atom. The number of fused-ring (bicyclic) bond motifs is 1. The molecule has 8 nitrogen and oxygen atoms in total. The van der Waals surface area contributed by atoms with E-state index in [4.69, 9.17) is 0 Å². The number of carbonyl (C=O) groups excluding carboxylic acids is 1. The van der Waals surface area contributed by atoms with E-state index in [1.807, 2.05) is 6.07 Å². The molecule has 3 heterocycles. The van der Waals surface area contributed by atoms with Crippen molar-refractivity contribution in [1.82, 2.24) is 14.8 Å². The molecular weight excluding hydrogens is 402 g/mol. The fourth-order valence-electron chi connectivity index (χ4n) is 4.03. The number of sulfonamides is 1. The topological polar surface area (TPSA) is 97.2 Å². The van der Waals surface area contributed by atoms with Crippen LogP contribution < -0.4 is 9.62 Å². The second-order valence-electron chi connectivity index (χ2n) is 7.52. The molecule has 2 aromatic carbocycles. The third-order valence-electron chi connectivity index (χ3n) is 5.51. The molecule has 1 aromatic heterocycles. The lowest BCUT2D eigenvalue weighted by Gasteiger charge is -2.16. The zero-order valence-corrected chi connectivity index (χ0v) is 17.1. The second kappa shape index (κ2) is 7.24. The highest BCUT2D eigenvalue weighted by molar-refractivity contribution is 7.92. The summed E-state index contributed by atoms with van der Waals surface area (Å²) in [4.78, 5) is 13.7. The number of hydrogen-bond donors (Lipinski definition) is 1. The highest BCUT2D eigenvalue weighted by Gasteiger charge is 2.23. The standard InChI is InChI=1S/C21H21N5O3S/c27-20-7-3-12-25(20)17-8-10-18(11-9-17)30(28,29)24-16-5-1-4-15(14-16)21-23-22-19-6-2-13-26(19)21/h1,4-5,8-11,14,24H,2-3,6-7,12-13H2. The molecule has 0 spiro atoms. The number of nitrogens with zero attached hydrogens (tertiary/aromatic N) is 4. The van der Waals surface area contributed by atoms with Gasteiger partial charge in [-0.1, -0.05) is 12.1 Å². The Hall–Kier alpha value is -3.20. The van der Waals surface area contributed by atoms with Crippen molar-refractivity contribution in [2.75, 3.05) is 16.2 Å². The van der Waals surface area contributed by atoms with Crippen LogP contribution in [0.4, 0.5) is 11.4 Å². The molecule has 0 radical (unpaired) electrons. The van der Waals surface area contributed by atoms with Crippen molar-refractivity contribution in [2.45, 2.75) is 37.1 Å². The molecule has 0 atom stereocenters. The zero-order chi connectivity index (χ0) is 20.7. The summed E-state index contributed by atoms with van der Waals surface area (Å²) in [7, 11) is -3.76. The van der Waals surface area contributed by atoms with Gasteiger partial charge in [0.05, 0.1) is 4.90 Å². The predicted octanol–water partition coefficient (Wildman–Crippen LogP) is 2.82. The van der Waals surface area contributed by atoms with Gasteiger partial charge >= 0.3 is 0 Å². The minimum absolute atomic E-state index is 0.0699. The number of amides is 1. The van der Waals surface area contributed by atoms with Crippen molar-refractivity contribution >= 4 is 27.3 Å². The quantitative estimate of drug-likeness (QED) is 0.681. The number of benzene rings is 2. The van der Waals surface area contributed by atoms with Gasteiger partial charge in [-0.15, -0.1) is 10.2 Å². The molecule has 0 unspecified atom stereocenters. The first-order valence-corrected chi connectivity index (χ1v) is 11.5. The van der Waals surface area contributed by atoms with E-state index in [-0.39, 0.29) is 10.8 Å². The minimum Gasteiger partial charge on any atom is -0.312 e. The number of rotatable bonds is 5. The van der Waals surface area contributed by atoms with Crippen molar-refractivity contribution in [1.29, 1.82) is 0 Å². The maximum absolute atomic E-state index is 12.9. The SMILES string of the molecule is O=C1CCCN1c1ccc(S(=O)(=O)Nc2cccc(-c3nnc4n3CCC4)c2)cc1. The van der Waals surface area contributed by atoms with Crippen molar-refractivity contribution in [2.24, 2.45) is 0 Å². The summed E-state index contributed by atoms with van der Waals surface area (Å²) in [5.41, 5.74) is 2.00. The van der Waals surface area contributed by atoms with Crippen LogP contribution >= 0.6 is 0 Å². The monoisotopic (exact) mass is 423 g/mol. The van der Waals surface area contributed by atoms with E-state index >= 15 is 0 Å². The van der Waals surface area contributed by atoms with Gasteiger partial charge in [0.2, 0.25) is 5.91 Å². The van der Waals surface area contributed by atoms with E-state index in [0.717, 1.165) is 48.7 Å². The molecule has 1 saturated heterocycles. The summed E-state index contributed by atoms with van der Waals surface area (Å²) in [6, 6.07) is 13.6. The number of hydrogen-bond acceptors (Lipinski definition) is 5. The lowest BCUT2D eigenvalue weighted by Crippen LogP contribution is -2.23. The smallest absolute Gasteiger partial charge is 0.261 e. The van der Waals surface area contributed by atoms with Crippen LogP contribution in [0.15, 0.2) is 53.4 Å². The van der Waals surface area contributed by atoms with Gasteiger partial charge in [0.1, 0.15) is 5.82 Å². The molecule has 1 N–H and O–H groups in total. The van der Waals surface area contributed by atoms with E-state index < -0.39 is 10.0 Å². The average Bonchev–Trinajstić information content (AvgIpc) is 3.45. The van der Waals surface area contributed by atoms with Crippen LogP contribution in [0.2, 0.25) is 0 Å². The van der Waals surface area contributed by atoms with Crippen LogP contribution in [0, 0.1) is 0 Å². The van der Waals surface area contributed by atoms with E-state index in [1.54, 1.807) is 35.2 Å². The molecule has 0 aliphatic carbocycles. The molecule has 1 amide bonds. The molecule has 3 aromatic rings. The number of aryl methyl sites for hydroxylation is 1. The highest BCUT2D eigenvalue weighted by Crippen LogP contribution is 2.27. The normalized spacial score (nSPS) is 16.1. The maximum atomic E-state index is 12.9. The fourth-order valence-corrected chi connectivity index (χ4v) is 5.08. The van der Waals surface area contributed by atoms with Gasteiger partial charge in [-0.05, 0) is 49.2 Å². The Bertz CT molecular complexity index is 1220. The molecule has 0 saturated carbocycles. The third-order valence-corrected chi connectivity index (χ3v) is 6.91. The first-order chi connectivity index (χ1) is 14.5. The van der Waals surface area contributed by atoms with Gasteiger partial charge < -0.3 is 9.47 Å². The second-order valence-corrected chi connectivity index (χ2v) is 9.21. The summed E-state index contributed by atoms with van der Waals surface area (Å²) in [5.74, 6) is 1.79. The maximum Gasteiger partial charge on any atom is 0.261 e.